The Labute approximate surface area is 110 Å². The first-order valence-corrected chi connectivity index (χ1v) is 6.70. The molecule has 18 heavy (non-hydrogen) atoms. The maximum absolute atomic E-state index is 11.6. The molecule has 2 aromatic rings. The molecule has 0 saturated heterocycles. The number of thiazole rings is 1. The molecule has 0 bridgehead atoms. The SMILES string of the molecule is CCOC(=O)c1nc(-c2ccc(C)cc2C)cs1. The summed E-state index contributed by atoms with van der Waals surface area (Å²) in [7, 11) is 0. The minimum Gasteiger partial charge on any atom is -0.461 e. The molecule has 2 rings (SSSR count). The highest BCUT2D eigenvalue weighted by atomic mass is 32.1. The first kappa shape index (κ1) is 12.8. The van der Waals surface area contributed by atoms with Gasteiger partial charge < -0.3 is 4.74 Å². The van der Waals surface area contributed by atoms with Crippen LogP contribution in [0.4, 0.5) is 0 Å². The number of rotatable bonds is 3. The first-order chi connectivity index (χ1) is 8.61. The van der Waals surface area contributed by atoms with Crippen molar-refractivity contribution in [3.63, 3.8) is 0 Å². The van der Waals surface area contributed by atoms with Gasteiger partial charge in [0.2, 0.25) is 5.01 Å². The van der Waals surface area contributed by atoms with Gasteiger partial charge in [-0.25, -0.2) is 9.78 Å². The largest absolute Gasteiger partial charge is 0.461 e. The number of aryl methyl sites for hydroxylation is 2. The smallest absolute Gasteiger partial charge is 0.367 e. The van der Waals surface area contributed by atoms with Crippen molar-refractivity contribution in [1.82, 2.24) is 4.98 Å². The number of aromatic nitrogens is 1. The molecule has 0 unspecified atom stereocenters. The number of ether oxygens (including phenoxy) is 1. The molecule has 0 radical (unpaired) electrons. The monoisotopic (exact) mass is 261 g/mol. The summed E-state index contributed by atoms with van der Waals surface area (Å²) in [5.74, 6) is -0.349. The predicted octanol–water partition coefficient (Wildman–Crippen LogP) is 3.60. The quantitative estimate of drug-likeness (QED) is 0.792. The van der Waals surface area contributed by atoms with Gasteiger partial charge in [-0.1, -0.05) is 23.8 Å². The van der Waals surface area contributed by atoms with E-state index < -0.39 is 0 Å². The second-order valence-electron chi connectivity index (χ2n) is 4.08. The molecule has 0 fully saturated rings. The Morgan fingerprint density at radius 2 is 2.17 bits per heavy atom. The Morgan fingerprint density at radius 3 is 2.83 bits per heavy atom. The van der Waals surface area contributed by atoms with Gasteiger partial charge in [-0.3, -0.25) is 0 Å². The van der Waals surface area contributed by atoms with E-state index in [9.17, 15) is 4.79 Å². The molecule has 4 heteroatoms. The zero-order chi connectivity index (χ0) is 13.1. The fraction of sp³-hybridized carbons (Fsp3) is 0.286. The molecule has 3 nitrogen and oxygen atoms in total. The van der Waals surface area contributed by atoms with E-state index in [0.29, 0.717) is 11.6 Å². The van der Waals surface area contributed by atoms with E-state index in [1.165, 1.54) is 16.9 Å². The van der Waals surface area contributed by atoms with E-state index in [-0.39, 0.29) is 5.97 Å². The molecule has 0 aliphatic carbocycles. The van der Waals surface area contributed by atoms with Crippen LogP contribution in [-0.2, 0) is 4.74 Å². The summed E-state index contributed by atoms with van der Waals surface area (Å²) < 4.78 is 4.94. The number of esters is 1. The third-order valence-corrected chi connectivity index (χ3v) is 3.43. The number of hydrogen-bond acceptors (Lipinski definition) is 4. The van der Waals surface area contributed by atoms with Gasteiger partial charge in [-0.05, 0) is 26.3 Å². The van der Waals surface area contributed by atoms with E-state index in [1.807, 2.05) is 24.4 Å². The van der Waals surface area contributed by atoms with Gasteiger partial charge in [0.05, 0.1) is 12.3 Å². The third kappa shape index (κ3) is 2.59. The molecule has 0 aliphatic heterocycles. The van der Waals surface area contributed by atoms with E-state index in [2.05, 4.69) is 18.0 Å². The summed E-state index contributed by atoms with van der Waals surface area (Å²) >= 11 is 1.32. The highest BCUT2D eigenvalue weighted by molar-refractivity contribution is 7.11. The first-order valence-electron chi connectivity index (χ1n) is 5.82. The van der Waals surface area contributed by atoms with E-state index >= 15 is 0 Å². The average Bonchev–Trinajstić information content (AvgIpc) is 2.78. The van der Waals surface area contributed by atoms with Gasteiger partial charge >= 0.3 is 5.97 Å². The number of carbonyl (C=O) groups excluding carboxylic acids is 1. The maximum atomic E-state index is 11.6. The maximum Gasteiger partial charge on any atom is 0.367 e. The van der Waals surface area contributed by atoms with Gasteiger partial charge in [0.1, 0.15) is 0 Å². The summed E-state index contributed by atoms with van der Waals surface area (Å²) in [5, 5.41) is 2.30. The molecular weight excluding hydrogens is 246 g/mol. The van der Waals surface area contributed by atoms with Crippen LogP contribution in [-0.4, -0.2) is 17.6 Å². The highest BCUT2D eigenvalue weighted by Gasteiger charge is 2.13. The number of carbonyl (C=O) groups is 1. The molecular formula is C14H15NO2S. The van der Waals surface area contributed by atoms with E-state index in [1.54, 1.807) is 6.92 Å². The number of nitrogens with zero attached hydrogens (tertiary/aromatic N) is 1. The van der Waals surface area contributed by atoms with E-state index in [0.717, 1.165) is 16.8 Å². The van der Waals surface area contributed by atoms with Crippen LogP contribution < -0.4 is 0 Å². The number of benzene rings is 1. The van der Waals surface area contributed by atoms with E-state index in [4.69, 9.17) is 4.74 Å². The molecule has 1 aromatic heterocycles. The lowest BCUT2D eigenvalue weighted by atomic mass is 10.0. The summed E-state index contributed by atoms with van der Waals surface area (Å²) in [6.07, 6.45) is 0. The van der Waals surface area contributed by atoms with Gasteiger partial charge in [-0.2, -0.15) is 0 Å². The minimum atomic E-state index is -0.349. The third-order valence-electron chi connectivity index (χ3n) is 2.61. The lowest BCUT2D eigenvalue weighted by molar-refractivity contribution is 0.0526. The second-order valence-corrected chi connectivity index (χ2v) is 4.93. The fourth-order valence-electron chi connectivity index (χ4n) is 1.79. The lowest BCUT2D eigenvalue weighted by Gasteiger charge is -2.03. The van der Waals surface area contributed by atoms with Crippen LogP contribution >= 0.6 is 11.3 Å². The lowest BCUT2D eigenvalue weighted by Crippen LogP contribution is -2.03. The molecule has 1 aromatic carbocycles. The van der Waals surface area contributed by atoms with Crippen LogP contribution in [0.15, 0.2) is 23.6 Å². The van der Waals surface area contributed by atoms with Crippen LogP contribution in [0.5, 0.6) is 0 Å². The molecule has 0 amide bonds. The van der Waals surface area contributed by atoms with Crippen molar-refractivity contribution in [2.24, 2.45) is 0 Å². The Morgan fingerprint density at radius 1 is 1.39 bits per heavy atom. The van der Waals surface area contributed by atoms with Crippen molar-refractivity contribution in [3.05, 3.63) is 39.7 Å². The Kier molecular flexibility index (Phi) is 3.77. The van der Waals surface area contributed by atoms with Crippen LogP contribution in [0.2, 0.25) is 0 Å². The van der Waals surface area contributed by atoms with Crippen LogP contribution in [0, 0.1) is 13.8 Å². The second kappa shape index (κ2) is 5.31. The molecule has 94 valence electrons. The standard InChI is InChI=1S/C14H15NO2S/c1-4-17-14(16)13-15-12(8-18-13)11-6-5-9(2)7-10(11)3/h5-8H,4H2,1-3H3. The number of hydrogen-bond donors (Lipinski definition) is 0. The van der Waals surface area contributed by atoms with Crippen LogP contribution in [0.3, 0.4) is 0 Å². The van der Waals surface area contributed by atoms with Crippen molar-refractivity contribution in [2.75, 3.05) is 6.61 Å². The van der Waals surface area contributed by atoms with Gasteiger partial charge in [0.25, 0.3) is 0 Å². The van der Waals surface area contributed by atoms with Gasteiger partial charge in [0, 0.05) is 10.9 Å². The average molecular weight is 261 g/mol. The van der Waals surface area contributed by atoms with Crippen molar-refractivity contribution in [2.45, 2.75) is 20.8 Å². The summed E-state index contributed by atoms with van der Waals surface area (Å²) in [6.45, 7) is 6.27. The van der Waals surface area contributed by atoms with Crippen molar-refractivity contribution < 1.29 is 9.53 Å². The van der Waals surface area contributed by atoms with Crippen molar-refractivity contribution >= 4 is 17.3 Å². The minimum absolute atomic E-state index is 0.349. The Hall–Kier alpha value is -1.68. The van der Waals surface area contributed by atoms with Crippen LogP contribution in [0.1, 0.15) is 27.9 Å². The zero-order valence-corrected chi connectivity index (χ0v) is 11.5. The van der Waals surface area contributed by atoms with Crippen LogP contribution in [0.25, 0.3) is 11.3 Å². The van der Waals surface area contributed by atoms with Crippen molar-refractivity contribution in [1.29, 1.82) is 0 Å². The van der Waals surface area contributed by atoms with Gasteiger partial charge in [-0.15, -0.1) is 11.3 Å². The van der Waals surface area contributed by atoms with Gasteiger partial charge in [0.15, 0.2) is 0 Å². The summed E-state index contributed by atoms with van der Waals surface area (Å²) in [4.78, 5) is 15.9. The molecule has 0 aliphatic rings. The topological polar surface area (TPSA) is 39.2 Å². The molecule has 0 atom stereocenters. The van der Waals surface area contributed by atoms with Crippen molar-refractivity contribution in [3.8, 4) is 11.3 Å². The summed E-state index contributed by atoms with van der Waals surface area (Å²) in [6, 6.07) is 6.19. The Balaban J connectivity index is 2.32. The highest BCUT2D eigenvalue weighted by Crippen LogP contribution is 2.26. The summed E-state index contributed by atoms with van der Waals surface area (Å²) in [5.41, 5.74) is 4.28. The predicted molar refractivity (Wildman–Crippen MR) is 73.0 cm³/mol. The zero-order valence-electron chi connectivity index (χ0n) is 10.7. The molecule has 0 spiro atoms. The molecule has 1 heterocycles. The Bertz CT molecular complexity index is 575. The molecule has 0 N–H and O–H groups in total. The fourth-order valence-corrected chi connectivity index (χ4v) is 2.49. The normalized spacial score (nSPS) is 10.4. The molecule has 0 saturated carbocycles.